The lowest BCUT2D eigenvalue weighted by molar-refractivity contribution is 0.0971. The van der Waals surface area contributed by atoms with Crippen molar-refractivity contribution in [3.63, 3.8) is 0 Å². The molecule has 0 fully saturated rings. The first-order chi connectivity index (χ1) is 13.7. The number of methoxy groups -OCH3 is 1. The van der Waals surface area contributed by atoms with Gasteiger partial charge in [0, 0.05) is 17.4 Å². The van der Waals surface area contributed by atoms with E-state index in [9.17, 15) is 4.79 Å². The van der Waals surface area contributed by atoms with Crippen molar-refractivity contribution >= 4 is 17.3 Å². The molecular weight excluding hydrogens is 348 g/mol. The maximum Gasteiger partial charge on any atom is 0.262 e. The molecule has 0 saturated carbocycles. The van der Waals surface area contributed by atoms with Crippen molar-refractivity contribution in [3.8, 4) is 5.75 Å². The van der Waals surface area contributed by atoms with Gasteiger partial charge in [-0.2, -0.15) is 0 Å². The van der Waals surface area contributed by atoms with Crippen molar-refractivity contribution in [2.75, 3.05) is 17.3 Å². The van der Waals surface area contributed by atoms with Crippen LogP contribution in [0.15, 0.2) is 78.9 Å². The highest BCUT2D eigenvalue weighted by Gasteiger charge is 2.34. The standard InChI is InChI=1S/C24H24N2O2/c1-17-16-21(25-18-10-4-3-5-11-18)19-12-6-8-14-22(19)26(17)24(27)20-13-7-9-15-23(20)28-2/h3-15,17,21,25H,16H2,1-2H3. The van der Waals surface area contributed by atoms with Gasteiger partial charge in [-0.3, -0.25) is 4.79 Å². The van der Waals surface area contributed by atoms with Crippen LogP contribution in [-0.2, 0) is 0 Å². The molecule has 1 aliphatic rings. The van der Waals surface area contributed by atoms with E-state index in [4.69, 9.17) is 4.74 Å². The Balaban J connectivity index is 1.71. The molecule has 4 rings (SSSR count). The maximum atomic E-state index is 13.4. The third-order valence-electron chi connectivity index (χ3n) is 5.26. The predicted molar refractivity (Wildman–Crippen MR) is 113 cm³/mol. The molecule has 1 amide bonds. The summed E-state index contributed by atoms with van der Waals surface area (Å²) in [5, 5.41) is 3.63. The fourth-order valence-corrected chi connectivity index (χ4v) is 3.95. The van der Waals surface area contributed by atoms with E-state index >= 15 is 0 Å². The fourth-order valence-electron chi connectivity index (χ4n) is 3.95. The van der Waals surface area contributed by atoms with E-state index in [0.29, 0.717) is 11.3 Å². The van der Waals surface area contributed by atoms with E-state index in [0.717, 1.165) is 23.4 Å². The van der Waals surface area contributed by atoms with Crippen LogP contribution in [0.1, 0.15) is 35.3 Å². The average molecular weight is 372 g/mol. The molecule has 4 nitrogen and oxygen atoms in total. The molecule has 0 aliphatic carbocycles. The Morgan fingerprint density at radius 1 is 0.964 bits per heavy atom. The zero-order valence-electron chi connectivity index (χ0n) is 16.1. The Bertz CT molecular complexity index is 971. The van der Waals surface area contributed by atoms with Gasteiger partial charge in [0.1, 0.15) is 5.75 Å². The van der Waals surface area contributed by atoms with Gasteiger partial charge in [-0.15, -0.1) is 0 Å². The summed E-state index contributed by atoms with van der Waals surface area (Å²) in [6.07, 6.45) is 0.826. The number of carbonyl (C=O) groups excluding carboxylic acids is 1. The first-order valence-corrected chi connectivity index (χ1v) is 9.56. The second kappa shape index (κ2) is 7.77. The smallest absolute Gasteiger partial charge is 0.262 e. The van der Waals surface area contributed by atoms with E-state index < -0.39 is 0 Å². The molecule has 2 atom stereocenters. The van der Waals surface area contributed by atoms with E-state index in [1.807, 2.05) is 65.6 Å². The van der Waals surface area contributed by atoms with Crippen LogP contribution >= 0.6 is 0 Å². The minimum absolute atomic E-state index is 0.0319. The van der Waals surface area contributed by atoms with Crippen LogP contribution in [0.5, 0.6) is 5.75 Å². The molecule has 0 radical (unpaired) electrons. The van der Waals surface area contributed by atoms with Gasteiger partial charge in [-0.05, 0) is 49.2 Å². The molecule has 142 valence electrons. The molecular formula is C24H24N2O2. The van der Waals surface area contributed by atoms with Gasteiger partial charge in [0.05, 0.1) is 18.7 Å². The van der Waals surface area contributed by atoms with E-state index in [2.05, 4.69) is 30.4 Å². The highest BCUT2D eigenvalue weighted by atomic mass is 16.5. The molecule has 1 aliphatic heterocycles. The minimum atomic E-state index is -0.0319. The van der Waals surface area contributed by atoms with Gasteiger partial charge in [0.15, 0.2) is 0 Å². The Morgan fingerprint density at radius 2 is 1.64 bits per heavy atom. The second-order valence-electron chi connectivity index (χ2n) is 7.08. The van der Waals surface area contributed by atoms with Crippen molar-refractivity contribution in [3.05, 3.63) is 90.0 Å². The number of hydrogen-bond donors (Lipinski definition) is 1. The third kappa shape index (κ3) is 3.33. The van der Waals surface area contributed by atoms with Crippen molar-refractivity contribution in [2.45, 2.75) is 25.4 Å². The molecule has 0 bridgehead atoms. The van der Waals surface area contributed by atoms with Gasteiger partial charge >= 0.3 is 0 Å². The highest BCUT2D eigenvalue weighted by Crippen LogP contribution is 2.40. The number of hydrogen-bond acceptors (Lipinski definition) is 3. The number of fused-ring (bicyclic) bond motifs is 1. The molecule has 3 aromatic carbocycles. The highest BCUT2D eigenvalue weighted by molar-refractivity contribution is 6.09. The zero-order chi connectivity index (χ0) is 19.5. The topological polar surface area (TPSA) is 41.6 Å². The minimum Gasteiger partial charge on any atom is -0.496 e. The summed E-state index contributed by atoms with van der Waals surface area (Å²) in [6, 6.07) is 25.9. The van der Waals surface area contributed by atoms with Crippen LogP contribution in [0.25, 0.3) is 0 Å². The molecule has 0 saturated heterocycles. The zero-order valence-corrected chi connectivity index (χ0v) is 16.1. The number of ether oxygens (including phenoxy) is 1. The van der Waals surface area contributed by atoms with Crippen LogP contribution in [0.4, 0.5) is 11.4 Å². The van der Waals surface area contributed by atoms with Crippen molar-refractivity contribution in [1.29, 1.82) is 0 Å². The summed E-state index contributed by atoms with van der Waals surface area (Å²) in [5.74, 6) is 0.567. The molecule has 0 spiro atoms. The maximum absolute atomic E-state index is 13.4. The third-order valence-corrected chi connectivity index (χ3v) is 5.26. The Morgan fingerprint density at radius 3 is 2.43 bits per heavy atom. The molecule has 3 aromatic rings. The number of nitrogens with one attached hydrogen (secondary N) is 1. The van der Waals surface area contributed by atoms with Crippen LogP contribution in [0.3, 0.4) is 0 Å². The monoisotopic (exact) mass is 372 g/mol. The number of anilines is 2. The van der Waals surface area contributed by atoms with Crippen LogP contribution in [0, 0.1) is 0 Å². The van der Waals surface area contributed by atoms with Crippen LogP contribution in [0.2, 0.25) is 0 Å². The lowest BCUT2D eigenvalue weighted by Crippen LogP contribution is -2.44. The largest absolute Gasteiger partial charge is 0.496 e. The Kier molecular flexibility index (Phi) is 5.02. The number of carbonyl (C=O) groups is 1. The van der Waals surface area contributed by atoms with Gasteiger partial charge < -0.3 is 15.0 Å². The van der Waals surface area contributed by atoms with Crippen molar-refractivity contribution in [1.82, 2.24) is 0 Å². The van der Waals surface area contributed by atoms with Crippen molar-refractivity contribution in [2.24, 2.45) is 0 Å². The molecule has 1 heterocycles. The summed E-state index contributed by atoms with van der Waals surface area (Å²) in [7, 11) is 1.60. The fraction of sp³-hybridized carbons (Fsp3) is 0.208. The number of rotatable bonds is 4. The molecule has 2 unspecified atom stereocenters. The number of benzene rings is 3. The summed E-state index contributed by atoms with van der Waals surface area (Å²) in [4.78, 5) is 15.3. The molecule has 28 heavy (non-hydrogen) atoms. The summed E-state index contributed by atoms with van der Waals surface area (Å²) in [5.41, 5.74) is 3.75. The van der Waals surface area contributed by atoms with Gasteiger partial charge in [-0.1, -0.05) is 48.5 Å². The molecule has 0 aromatic heterocycles. The number of para-hydroxylation sites is 3. The molecule has 4 heteroatoms. The van der Waals surface area contributed by atoms with E-state index in [1.165, 1.54) is 0 Å². The Hall–Kier alpha value is -3.27. The SMILES string of the molecule is COc1ccccc1C(=O)N1c2ccccc2C(Nc2ccccc2)CC1C. The van der Waals surface area contributed by atoms with Gasteiger partial charge in [-0.25, -0.2) is 0 Å². The summed E-state index contributed by atoms with van der Waals surface area (Å²) in [6.45, 7) is 2.10. The summed E-state index contributed by atoms with van der Waals surface area (Å²) < 4.78 is 5.42. The first kappa shape index (κ1) is 18.1. The van der Waals surface area contributed by atoms with Crippen molar-refractivity contribution < 1.29 is 9.53 Å². The Labute approximate surface area is 165 Å². The second-order valence-corrected chi connectivity index (χ2v) is 7.08. The normalized spacial score (nSPS) is 18.3. The first-order valence-electron chi connectivity index (χ1n) is 9.56. The summed E-state index contributed by atoms with van der Waals surface area (Å²) >= 11 is 0. The van der Waals surface area contributed by atoms with E-state index in [1.54, 1.807) is 7.11 Å². The lowest BCUT2D eigenvalue weighted by Gasteiger charge is -2.40. The number of amides is 1. The van der Waals surface area contributed by atoms with Gasteiger partial charge in [0.2, 0.25) is 0 Å². The quantitative estimate of drug-likeness (QED) is 0.677. The molecule has 1 N–H and O–H groups in total. The van der Waals surface area contributed by atoms with E-state index in [-0.39, 0.29) is 18.0 Å². The predicted octanol–water partition coefficient (Wildman–Crippen LogP) is 5.29. The van der Waals surface area contributed by atoms with Crippen LogP contribution in [-0.4, -0.2) is 19.1 Å². The lowest BCUT2D eigenvalue weighted by atomic mass is 9.90. The van der Waals surface area contributed by atoms with Gasteiger partial charge in [0.25, 0.3) is 5.91 Å². The average Bonchev–Trinajstić information content (AvgIpc) is 2.74. The number of nitrogens with zero attached hydrogens (tertiary/aromatic N) is 1. The van der Waals surface area contributed by atoms with Crippen LogP contribution < -0.4 is 15.0 Å².